The molecule has 0 bridgehead atoms. The van der Waals surface area contributed by atoms with Gasteiger partial charge in [-0.25, -0.2) is 0 Å². The van der Waals surface area contributed by atoms with Crippen molar-refractivity contribution in [1.29, 1.82) is 0 Å². The SMILES string of the molecule is CCc1c2c(c(OC(c3ccccc3)c3ccccc3)c3ncccc13)C(=O)N(Cc1ccc(OC)cc1)C2. The lowest BCUT2D eigenvalue weighted by Crippen LogP contribution is -2.23. The first kappa shape index (κ1) is 24.7. The Kier molecular flexibility index (Phi) is 6.72. The number of methoxy groups -OCH3 is 1. The van der Waals surface area contributed by atoms with E-state index in [2.05, 4.69) is 37.3 Å². The number of hydrogen-bond donors (Lipinski definition) is 0. The lowest BCUT2D eigenvalue weighted by Gasteiger charge is -2.23. The largest absolute Gasteiger partial charge is 0.497 e. The molecule has 1 aromatic heterocycles. The van der Waals surface area contributed by atoms with Gasteiger partial charge in [0.15, 0.2) is 5.75 Å². The first-order valence-electron chi connectivity index (χ1n) is 13.3. The van der Waals surface area contributed by atoms with Crippen LogP contribution in [-0.2, 0) is 19.5 Å². The molecule has 5 aromatic rings. The number of carbonyl (C=O) groups excluding carboxylic acids is 1. The number of rotatable bonds is 8. The van der Waals surface area contributed by atoms with E-state index >= 15 is 0 Å². The fraction of sp³-hybridized carbons (Fsp3) is 0.176. The van der Waals surface area contributed by atoms with Gasteiger partial charge in [-0.1, -0.05) is 85.8 Å². The minimum Gasteiger partial charge on any atom is -0.497 e. The summed E-state index contributed by atoms with van der Waals surface area (Å²) in [4.78, 5) is 20.8. The fourth-order valence-corrected chi connectivity index (χ4v) is 5.52. The summed E-state index contributed by atoms with van der Waals surface area (Å²) < 4.78 is 12.2. The Balaban J connectivity index is 1.48. The van der Waals surface area contributed by atoms with Crippen LogP contribution in [0.2, 0.25) is 0 Å². The Morgan fingerprint density at radius 1 is 0.872 bits per heavy atom. The van der Waals surface area contributed by atoms with Crippen LogP contribution in [0.3, 0.4) is 0 Å². The molecule has 2 heterocycles. The molecular formula is C34H30N2O3. The smallest absolute Gasteiger partial charge is 0.258 e. The number of amides is 1. The second-order valence-corrected chi connectivity index (χ2v) is 9.74. The molecule has 4 aromatic carbocycles. The van der Waals surface area contributed by atoms with Gasteiger partial charge in [-0.05, 0) is 52.4 Å². The van der Waals surface area contributed by atoms with Crippen LogP contribution in [0.15, 0.2) is 103 Å². The Bertz CT molecular complexity index is 1580. The second kappa shape index (κ2) is 10.6. The molecule has 5 heteroatoms. The van der Waals surface area contributed by atoms with Gasteiger partial charge in [0.05, 0.1) is 12.7 Å². The maximum atomic E-state index is 14.1. The molecule has 0 spiro atoms. The standard InChI is InChI=1S/C34H30N2O3/c1-3-27-28-15-10-20-35-31(28)33(39-32(24-11-6-4-7-12-24)25-13-8-5-9-14-25)30-29(27)22-36(34(30)37)21-23-16-18-26(38-2)19-17-23/h4-20,32H,3,21-22H2,1-2H3. The molecule has 39 heavy (non-hydrogen) atoms. The summed E-state index contributed by atoms with van der Waals surface area (Å²) in [7, 11) is 1.65. The molecule has 6 rings (SSSR count). The minimum absolute atomic E-state index is 0.0297. The van der Waals surface area contributed by atoms with E-state index in [4.69, 9.17) is 14.5 Å². The molecule has 0 atom stereocenters. The summed E-state index contributed by atoms with van der Waals surface area (Å²) >= 11 is 0. The number of fused-ring (bicyclic) bond motifs is 2. The van der Waals surface area contributed by atoms with Crippen molar-refractivity contribution >= 4 is 16.8 Å². The highest BCUT2D eigenvalue weighted by molar-refractivity contribution is 6.07. The van der Waals surface area contributed by atoms with E-state index in [9.17, 15) is 4.79 Å². The van der Waals surface area contributed by atoms with Gasteiger partial charge in [-0.2, -0.15) is 0 Å². The number of pyridine rings is 1. The molecule has 1 amide bonds. The van der Waals surface area contributed by atoms with E-state index in [1.165, 1.54) is 0 Å². The first-order valence-corrected chi connectivity index (χ1v) is 13.3. The van der Waals surface area contributed by atoms with E-state index < -0.39 is 6.10 Å². The summed E-state index contributed by atoms with van der Waals surface area (Å²) in [6.45, 7) is 3.17. The monoisotopic (exact) mass is 514 g/mol. The van der Waals surface area contributed by atoms with Gasteiger partial charge in [0.2, 0.25) is 0 Å². The first-order chi connectivity index (χ1) is 19.2. The molecule has 0 radical (unpaired) electrons. The van der Waals surface area contributed by atoms with Gasteiger partial charge in [0, 0.05) is 24.7 Å². The van der Waals surface area contributed by atoms with E-state index in [1.807, 2.05) is 71.6 Å². The normalized spacial score (nSPS) is 12.7. The quantitative estimate of drug-likeness (QED) is 0.221. The van der Waals surface area contributed by atoms with Crippen LogP contribution in [0.25, 0.3) is 10.9 Å². The molecule has 1 aliphatic rings. The van der Waals surface area contributed by atoms with E-state index in [1.54, 1.807) is 13.3 Å². The Morgan fingerprint density at radius 2 is 1.54 bits per heavy atom. The minimum atomic E-state index is -0.391. The zero-order valence-corrected chi connectivity index (χ0v) is 22.1. The summed E-state index contributed by atoms with van der Waals surface area (Å²) in [5.41, 5.74) is 6.62. The topological polar surface area (TPSA) is 51.7 Å². The third-order valence-corrected chi connectivity index (χ3v) is 7.42. The number of nitrogens with zero attached hydrogens (tertiary/aromatic N) is 2. The number of aryl methyl sites for hydroxylation is 1. The Labute approximate surface area is 228 Å². The lowest BCUT2D eigenvalue weighted by molar-refractivity contribution is 0.0762. The molecule has 5 nitrogen and oxygen atoms in total. The molecular weight excluding hydrogens is 484 g/mol. The Hall–Kier alpha value is -4.64. The maximum absolute atomic E-state index is 14.1. The van der Waals surface area contributed by atoms with Crippen LogP contribution in [0.1, 0.15) is 51.2 Å². The highest BCUT2D eigenvalue weighted by atomic mass is 16.5. The molecule has 0 N–H and O–H groups in total. The molecule has 1 aliphatic heterocycles. The van der Waals surface area contributed by atoms with Gasteiger partial charge in [0.25, 0.3) is 5.91 Å². The maximum Gasteiger partial charge on any atom is 0.258 e. The second-order valence-electron chi connectivity index (χ2n) is 9.74. The van der Waals surface area contributed by atoms with E-state index in [0.717, 1.165) is 50.9 Å². The van der Waals surface area contributed by atoms with Crippen molar-refractivity contribution in [3.63, 3.8) is 0 Å². The van der Waals surface area contributed by atoms with Gasteiger partial charge in [-0.3, -0.25) is 9.78 Å². The lowest BCUT2D eigenvalue weighted by atomic mass is 9.94. The molecule has 0 saturated heterocycles. The summed E-state index contributed by atoms with van der Waals surface area (Å²) in [6.07, 6.45) is 2.18. The third kappa shape index (κ3) is 4.61. The molecule has 0 aliphatic carbocycles. The van der Waals surface area contributed by atoms with Crippen LogP contribution >= 0.6 is 0 Å². The summed E-state index contributed by atoms with van der Waals surface area (Å²) in [5, 5.41) is 1.03. The zero-order valence-electron chi connectivity index (χ0n) is 22.1. The van der Waals surface area contributed by atoms with Crippen molar-refractivity contribution in [1.82, 2.24) is 9.88 Å². The third-order valence-electron chi connectivity index (χ3n) is 7.42. The Morgan fingerprint density at radius 3 is 2.15 bits per heavy atom. The molecule has 0 fully saturated rings. The number of aromatic nitrogens is 1. The van der Waals surface area contributed by atoms with Gasteiger partial charge < -0.3 is 14.4 Å². The van der Waals surface area contributed by atoms with E-state index in [-0.39, 0.29) is 5.91 Å². The highest BCUT2D eigenvalue weighted by Crippen LogP contribution is 2.43. The van der Waals surface area contributed by atoms with Crippen molar-refractivity contribution in [2.45, 2.75) is 32.5 Å². The molecule has 0 unspecified atom stereocenters. The fourth-order valence-electron chi connectivity index (χ4n) is 5.52. The predicted octanol–water partition coefficient (Wildman–Crippen LogP) is 7.13. The van der Waals surface area contributed by atoms with Crippen LogP contribution < -0.4 is 9.47 Å². The van der Waals surface area contributed by atoms with Crippen molar-refractivity contribution in [3.05, 3.63) is 137 Å². The number of hydrogen-bond acceptors (Lipinski definition) is 4. The van der Waals surface area contributed by atoms with Gasteiger partial charge >= 0.3 is 0 Å². The number of ether oxygens (including phenoxy) is 2. The van der Waals surface area contributed by atoms with Crippen LogP contribution in [0, 0.1) is 0 Å². The van der Waals surface area contributed by atoms with Gasteiger partial charge in [0.1, 0.15) is 17.4 Å². The highest BCUT2D eigenvalue weighted by Gasteiger charge is 2.36. The summed E-state index contributed by atoms with van der Waals surface area (Å²) in [5.74, 6) is 1.32. The average molecular weight is 515 g/mol. The van der Waals surface area contributed by atoms with Crippen molar-refractivity contribution in [3.8, 4) is 11.5 Å². The van der Waals surface area contributed by atoms with Crippen molar-refractivity contribution in [2.24, 2.45) is 0 Å². The van der Waals surface area contributed by atoms with Crippen molar-refractivity contribution < 1.29 is 14.3 Å². The summed E-state index contributed by atoms with van der Waals surface area (Å²) in [6, 6.07) is 32.2. The number of benzene rings is 4. The van der Waals surface area contributed by atoms with E-state index in [0.29, 0.717) is 24.4 Å². The predicted molar refractivity (Wildman–Crippen MR) is 153 cm³/mol. The molecule has 0 saturated carbocycles. The molecule has 194 valence electrons. The number of carbonyl (C=O) groups is 1. The van der Waals surface area contributed by atoms with Crippen molar-refractivity contribution in [2.75, 3.05) is 7.11 Å². The zero-order chi connectivity index (χ0) is 26.8. The van der Waals surface area contributed by atoms with Gasteiger partial charge in [-0.15, -0.1) is 0 Å². The average Bonchev–Trinajstić information content (AvgIpc) is 3.31. The van der Waals surface area contributed by atoms with Crippen LogP contribution in [0.4, 0.5) is 0 Å². The van der Waals surface area contributed by atoms with Crippen LogP contribution in [-0.4, -0.2) is 22.9 Å². The van der Waals surface area contributed by atoms with Crippen LogP contribution in [0.5, 0.6) is 11.5 Å².